The van der Waals surface area contributed by atoms with Gasteiger partial charge in [0.1, 0.15) is 23.4 Å². The molecular weight excluding hydrogens is 466 g/mol. The molecule has 0 saturated heterocycles. The number of anilines is 1. The molecule has 0 saturated carbocycles. The number of amides is 1. The van der Waals surface area contributed by atoms with Gasteiger partial charge in [-0.1, -0.05) is 0 Å². The predicted molar refractivity (Wildman–Crippen MR) is 131 cm³/mol. The smallest absolute Gasteiger partial charge is 0.331 e. The first-order chi connectivity index (χ1) is 17.3. The first-order valence-corrected chi connectivity index (χ1v) is 10.9. The Balaban J connectivity index is 1.69. The largest absolute Gasteiger partial charge is 0.496 e. The first kappa shape index (κ1) is 26.0. The van der Waals surface area contributed by atoms with Crippen molar-refractivity contribution in [2.45, 2.75) is 20.4 Å². The molecule has 1 amide bonds. The van der Waals surface area contributed by atoms with Gasteiger partial charge in [-0.2, -0.15) is 5.26 Å². The number of esters is 1. The van der Waals surface area contributed by atoms with Gasteiger partial charge in [0.15, 0.2) is 18.1 Å². The highest BCUT2D eigenvalue weighted by atomic mass is 16.5. The summed E-state index contributed by atoms with van der Waals surface area (Å²) in [6.07, 6.45) is 4.21. The minimum atomic E-state index is -0.735. The fourth-order valence-electron chi connectivity index (χ4n) is 3.58. The minimum absolute atomic E-state index is 0.315. The van der Waals surface area contributed by atoms with Crippen LogP contribution in [0.1, 0.15) is 28.1 Å². The van der Waals surface area contributed by atoms with Gasteiger partial charge < -0.3 is 33.2 Å². The molecule has 0 aliphatic rings. The third-order valence-electron chi connectivity index (χ3n) is 5.57. The second-order valence-electron chi connectivity index (χ2n) is 7.65. The minimum Gasteiger partial charge on any atom is -0.496 e. The summed E-state index contributed by atoms with van der Waals surface area (Å²) in [5.74, 6) is 1.05. The van der Waals surface area contributed by atoms with Gasteiger partial charge in [-0.3, -0.25) is 4.79 Å². The molecule has 0 atom stereocenters. The Hall–Kier alpha value is -4.65. The van der Waals surface area contributed by atoms with Crippen LogP contribution in [-0.2, 0) is 20.9 Å². The lowest BCUT2D eigenvalue weighted by Crippen LogP contribution is -2.22. The fourth-order valence-corrected chi connectivity index (χ4v) is 3.58. The van der Waals surface area contributed by atoms with Crippen molar-refractivity contribution in [2.24, 2.45) is 0 Å². The van der Waals surface area contributed by atoms with E-state index in [4.69, 9.17) is 23.4 Å². The number of nitrogens with one attached hydrogen (secondary N) is 1. The molecule has 0 aliphatic carbocycles. The molecule has 2 heterocycles. The summed E-state index contributed by atoms with van der Waals surface area (Å²) >= 11 is 0. The number of nitriles is 1. The quantitative estimate of drug-likeness (QED) is 0.334. The number of hydrogen-bond acceptors (Lipinski definition) is 8. The van der Waals surface area contributed by atoms with Crippen LogP contribution in [0.2, 0.25) is 0 Å². The summed E-state index contributed by atoms with van der Waals surface area (Å²) in [7, 11) is 4.49. The number of aromatic nitrogens is 1. The maximum absolute atomic E-state index is 12.6. The summed E-state index contributed by atoms with van der Waals surface area (Å²) in [5.41, 5.74) is 2.43. The van der Waals surface area contributed by atoms with Crippen molar-refractivity contribution in [3.8, 4) is 23.3 Å². The van der Waals surface area contributed by atoms with Gasteiger partial charge in [0.2, 0.25) is 0 Å². The van der Waals surface area contributed by atoms with E-state index in [2.05, 4.69) is 11.4 Å². The Bertz CT molecular complexity index is 1310. The van der Waals surface area contributed by atoms with Crippen LogP contribution in [-0.4, -0.2) is 44.4 Å². The van der Waals surface area contributed by atoms with E-state index in [1.165, 1.54) is 33.5 Å². The Labute approximate surface area is 208 Å². The zero-order chi connectivity index (χ0) is 26.2. The molecule has 0 spiro atoms. The summed E-state index contributed by atoms with van der Waals surface area (Å²) in [6, 6.07) is 8.96. The topological polar surface area (TPSA) is 125 Å². The van der Waals surface area contributed by atoms with Crippen LogP contribution in [0.5, 0.6) is 17.2 Å². The molecule has 0 aliphatic heterocycles. The number of methoxy groups -OCH3 is 3. The Morgan fingerprint density at radius 2 is 1.81 bits per heavy atom. The lowest BCUT2D eigenvalue weighted by Gasteiger charge is -2.12. The highest BCUT2D eigenvalue weighted by molar-refractivity contribution is 5.95. The van der Waals surface area contributed by atoms with Crippen molar-refractivity contribution < 1.29 is 33.0 Å². The number of nitrogens with zero attached hydrogens (tertiary/aromatic N) is 2. The number of carbonyl (C=O) groups excluding carboxylic acids is 2. The molecule has 36 heavy (non-hydrogen) atoms. The molecule has 0 radical (unpaired) electrons. The monoisotopic (exact) mass is 493 g/mol. The molecule has 2 aromatic heterocycles. The Morgan fingerprint density at radius 3 is 2.42 bits per heavy atom. The van der Waals surface area contributed by atoms with E-state index in [1.54, 1.807) is 42.0 Å². The van der Waals surface area contributed by atoms with Crippen molar-refractivity contribution >= 4 is 23.8 Å². The van der Waals surface area contributed by atoms with E-state index in [0.29, 0.717) is 46.5 Å². The van der Waals surface area contributed by atoms with E-state index < -0.39 is 18.5 Å². The normalized spacial score (nSPS) is 10.7. The van der Waals surface area contributed by atoms with E-state index in [0.717, 1.165) is 11.3 Å². The van der Waals surface area contributed by atoms with E-state index in [1.807, 2.05) is 6.92 Å². The van der Waals surface area contributed by atoms with Crippen molar-refractivity contribution in [3.63, 3.8) is 0 Å². The molecular formula is C26H27N3O7. The second-order valence-corrected chi connectivity index (χ2v) is 7.65. The fraction of sp³-hybridized carbons (Fsp3) is 0.269. The molecule has 10 heteroatoms. The molecule has 1 aromatic carbocycles. The van der Waals surface area contributed by atoms with Gasteiger partial charge in [0.25, 0.3) is 5.91 Å². The summed E-state index contributed by atoms with van der Waals surface area (Å²) in [5, 5.41) is 12.3. The maximum atomic E-state index is 12.6. The first-order valence-electron chi connectivity index (χ1n) is 10.9. The molecule has 0 unspecified atom stereocenters. The zero-order valence-corrected chi connectivity index (χ0v) is 20.7. The Kier molecular flexibility index (Phi) is 8.41. The van der Waals surface area contributed by atoms with Crippen molar-refractivity contribution in [3.05, 3.63) is 64.7 Å². The Morgan fingerprint density at radius 1 is 1.11 bits per heavy atom. The number of furan rings is 1. The number of hydrogen-bond donors (Lipinski definition) is 1. The summed E-state index contributed by atoms with van der Waals surface area (Å²) in [4.78, 5) is 24.8. The molecule has 0 bridgehead atoms. The summed E-state index contributed by atoms with van der Waals surface area (Å²) in [6.45, 7) is 3.44. The van der Waals surface area contributed by atoms with Crippen LogP contribution in [0.25, 0.3) is 6.08 Å². The zero-order valence-electron chi connectivity index (χ0n) is 20.7. The molecule has 1 N–H and O–H groups in total. The third kappa shape index (κ3) is 5.70. The van der Waals surface area contributed by atoms with Gasteiger partial charge in [-0.05, 0) is 43.7 Å². The highest BCUT2D eigenvalue weighted by Gasteiger charge is 2.21. The van der Waals surface area contributed by atoms with Gasteiger partial charge in [0, 0.05) is 23.4 Å². The van der Waals surface area contributed by atoms with Gasteiger partial charge in [-0.15, -0.1) is 0 Å². The number of ether oxygens (including phenoxy) is 4. The van der Waals surface area contributed by atoms with Gasteiger partial charge >= 0.3 is 5.97 Å². The molecule has 3 rings (SSSR count). The molecule has 10 nitrogen and oxygen atoms in total. The number of carbonyl (C=O) groups is 2. The van der Waals surface area contributed by atoms with Crippen LogP contribution >= 0.6 is 0 Å². The lowest BCUT2D eigenvalue weighted by molar-refractivity contribution is -0.142. The highest BCUT2D eigenvalue weighted by Crippen LogP contribution is 2.35. The van der Waals surface area contributed by atoms with Crippen LogP contribution in [0.15, 0.2) is 41.0 Å². The lowest BCUT2D eigenvalue weighted by atomic mass is 10.1. The number of rotatable bonds is 10. The van der Waals surface area contributed by atoms with Gasteiger partial charge in [-0.25, -0.2) is 4.79 Å². The van der Waals surface area contributed by atoms with Crippen LogP contribution < -0.4 is 19.5 Å². The predicted octanol–water partition coefficient (Wildman–Crippen LogP) is 3.84. The van der Waals surface area contributed by atoms with Crippen LogP contribution in [0.3, 0.4) is 0 Å². The van der Waals surface area contributed by atoms with E-state index >= 15 is 0 Å². The molecule has 3 aromatic rings. The SMILES string of the molecule is COc1cc(OC)c(OC)cc1/C=C/C(=O)OCC(=O)Nc1c(C#N)c(C)c(C)n1Cc1ccco1. The second kappa shape index (κ2) is 11.7. The van der Waals surface area contributed by atoms with Crippen molar-refractivity contribution in [2.75, 3.05) is 33.3 Å². The van der Waals surface area contributed by atoms with E-state index in [9.17, 15) is 14.9 Å². The van der Waals surface area contributed by atoms with Crippen LogP contribution in [0, 0.1) is 25.2 Å². The standard InChI is InChI=1S/C26H27N3O7/c1-16-17(2)29(14-19-7-6-10-35-19)26(20(16)13-27)28-24(30)15-36-25(31)9-8-18-11-22(33-4)23(34-5)12-21(18)32-3/h6-12H,14-15H2,1-5H3,(H,28,30)/b9-8+. The maximum Gasteiger partial charge on any atom is 0.331 e. The van der Waals surface area contributed by atoms with E-state index in [-0.39, 0.29) is 0 Å². The average Bonchev–Trinajstić information content (AvgIpc) is 3.48. The molecule has 0 fully saturated rings. The average molecular weight is 494 g/mol. The molecule has 188 valence electrons. The summed E-state index contributed by atoms with van der Waals surface area (Å²) < 4.78 is 28.1. The third-order valence-corrected chi connectivity index (χ3v) is 5.57. The van der Waals surface area contributed by atoms with Crippen molar-refractivity contribution in [1.82, 2.24) is 4.57 Å². The van der Waals surface area contributed by atoms with Gasteiger partial charge in [0.05, 0.1) is 39.7 Å². The number of benzene rings is 1. The van der Waals surface area contributed by atoms with Crippen LogP contribution in [0.4, 0.5) is 5.82 Å². The van der Waals surface area contributed by atoms with Crippen molar-refractivity contribution in [1.29, 1.82) is 5.26 Å².